The van der Waals surface area contributed by atoms with Crippen LogP contribution in [0, 0.1) is 10.1 Å². The highest BCUT2D eigenvalue weighted by Gasteiger charge is 2.20. The number of carbonyl (C=O) groups excluding carboxylic acids is 1. The molecular weight excluding hydrogens is 448 g/mol. The molecule has 11 heteroatoms. The van der Waals surface area contributed by atoms with Crippen LogP contribution in [0.4, 0.5) is 10.8 Å². The van der Waals surface area contributed by atoms with Crippen LogP contribution < -0.4 is 10.6 Å². The summed E-state index contributed by atoms with van der Waals surface area (Å²) in [6, 6.07) is 14.4. The van der Waals surface area contributed by atoms with Gasteiger partial charge in [0, 0.05) is 6.07 Å². The number of thiazole rings is 1. The molecule has 2 N–H and O–H groups in total. The number of thiocarbonyl (C=S) groups is 1. The van der Waals surface area contributed by atoms with E-state index in [0.29, 0.717) is 15.7 Å². The number of halogens is 1. The van der Waals surface area contributed by atoms with E-state index in [1.165, 1.54) is 29.5 Å². The van der Waals surface area contributed by atoms with Crippen molar-refractivity contribution in [2.75, 3.05) is 5.32 Å². The van der Waals surface area contributed by atoms with Gasteiger partial charge >= 0.3 is 0 Å². The van der Waals surface area contributed by atoms with Crippen LogP contribution >= 0.6 is 35.2 Å². The third kappa shape index (κ3) is 4.01. The number of nitrogens with zero attached hydrogens (tertiary/aromatic N) is 2. The molecule has 0 fully saturated rings. The van der Waals surface area contributed by atoms with Gasteiger partial charge in [0.25, 0.3) is 11.6 Å². The van der Waals surface area contributed by atoms with Gasteiger partial charge < -0.3 is 9.73 Å². The molecule has 0 aliphatic rings. The first-order chi connectivity index (χ1) is 14.4. The van der Waals surface area contributed by atoms with Crippen molar-refractivity contribution in [1.29, 1.82) is 0 Å². The van der Waals surface area contributed by atoms with Crippen LogP contribution in [0.1, 0.15) is 10.6 Å². The topological polar surface area (TPSA) is 110 Å². The SMILES string of the molecule is O=C(NC(=S)Nc1nc2c(Cl)cccc2s1)c1ccc(-c2ccccc2[N+](=O)[O-])o1. The van der Waals surface area contributed by atoms with E-state index in [2.05, 4.69) is 15.6 Å². The molecule has 2 aromatic carbocycles. The van der Waals surface area contributed by atoms with Gasteiger partial charge in [0.05, 0.1) is 20.2 Å². The van der Waals surface area contributed by atoms with Crippen molar-refractivity contribution in [3.8, 4) is 11.3 Å². The predicted octanol–water partition coefficient (Wildman–Crippen LogP) is 5.24. The maximum atomic E-state index is 12.4. The zero-order valence-corrected chi connectivity index (χ0v) is 17.3. The van der Waals surface area contributed by atoms with E-state index in [-0.39, 0.29) is 27.9 Å². The zero-order chi connectivity index (χ0) is 21.3. The Labute approximate surface area is 183 Å². The minimum Gasteiger partial charge on any atom is -0.451 e. The molecule has 1 amide bonds. The molecule has 8 nitrogen and oxygen atoms in total. The molecule has 30 heavy (non-hydrogen) atoms. The summed E-state index contributed by atoms with van der Waals surface area (Å²) in [4.78, 5) is 27.5. The molecule has 2 heterocycles. The van der Waals surface area contributed by atoms with Crippen molar-refractivity contribution in [3.63, 3.8) is 0 Å². The van der Waals surface area contributed by atoms with E-state index >= 15 is 0 Å². The Bertz CT molecular complexity index is 1300. The average Bonchev–Trinajstić information content (AvgIpc) is 3.35. The number of hydrogen-bond acceptors (Lipinski definition) is 7. The summed E-state index contributed by atoms with van der Waals surface area (Å²) in [5.74, 6) is -0.441. The number of aromatic nitrogens is 1. The second kappa shape index (κ2) is 8.19. The molecule has 2 aromatic heterocycles. The van der Waals surface area contributed by atoms with Crippen LogP contribution in [0.3, 0.4) is 0 Å². The van der Waals surface area contributed by atoms with E-state index in [1.807, 2.05) is 12.1 Å². The molecule has 0 saturated carbocycles. The van der Waals surface area contributed by atoms with Crippen LogP contribution in [0.15, 0.2) is 59.0 Å². The molecule has 0 radical (unpaired) electrons. The third-order valence-corrected chi connectivity index (χ3v) is 5.46. The number of benzene rings is 2. The largest absolute Gasteiger partial charge is 0.451 e. The number of para-hydroxylation sites is 2. The summed E-state index contributed by atoms with van der Waals surface area (Å²) in [5, 5.41) is 17.5. The van der Waals surface area contributed by atoms with Gasteiger partial charge in [-0.3, -0.25) is 20.2 Å². The normalized spacial score (nSPS) is 10.7. The summed E-state index contributed by atoms with van der Waals surface area (Å²) in [6.07, 6.45) is 0. The highest BCUT2D eigenvalue weighted by molar-refractivity contribution is 7.80. The lowest BCUT2D eigenvalue weighted by Gasteiger charge is -2.05. The van der Waals surface area contributed by atoms with Gasteiger partial charge in [-0.25, -0.2) is 4.98 Å². The molecule has 4 rings (SSSR count). The van der Waals surface area contributed by atoms with E-state index in [0.717, 1.165) is 4.70 Å². The first-order valence-electron chi connectivity index (χ1n) is 8.43. The van der Waals surface area contributed by atoms with Gasteiger partial charge in [-0.05, 0) is 42.5 Å². The van der Waals surface area contributed by atoms with Crippen molar-refractivity contribution in [2.45, 2.75) is 0 Å². The number of carbonyl (C=O) groups is 1. The second-order valence-corrected chi connectivity index (χ2v) is 7.80. The standard InChI is InChI=1S/C19H11ClN4O4S2/c20-11-5-3-7-15-16(11)21-19(30-15)23-18(29)22-17(25)14-9-8-13(28-14)10-4-1-2-6-12(10)24(26)27/h1-9H,(H2,21,22,23,25,29). The molecule has 0 bridgehead atoms. The number of nitrogens with one attached hydrogen (secondary N) is 2. The zero-order valence-electron chi connectivity index (χ0n) is 14.9. The van der Waals surface area contributed by atoms with Crippen LogP contribution in [0.5, 0.6) is 0 Å². The van der Waals surface area contributed by atoms with Gasteiger partial charge in [0.1, 0.15) is 11.3 Å². The molecule has 0 spiro atoms. The quantitative estimate of drug-likeness (QED) is 0.244. The number of anilines is 1. The molecule has 0 aliphatic heterocycles. The Morgan fingerprint density at radius 2 is 1.97 bits per heavy atom. The maximum absolute atomic E-state index is 12.4. The third-order valence-electron chi connectivity index (χ3n) is 4.01. The number of nitro benzene ring substituents is 1. The highest BCUT2D eigenvalue weighted by Crippen LogP contribution is 2.32. The minimum atomic E-state index is -0.600. The number of rotatable bonds is 4. The molecule has 150 valence electrons. The summed E-state index contributed by atoms with van der Waals surface area (Å²) >= 11 is 12.6. The monoisotopic (exact) mass is 458 g/mol. The summed E-state index contributed by atoms with van der Waals surface area (Å²) in [7, 11) is 0. The van der Waals surface area contributed by atoms with Gasteiger partial charge in [-0.15, -0.1) is 0 Å². The van der Waals surface area contributed by atoms with Crippen LogP contribution in [0.2, 0.25) is 5.02 Å². The van der Waals surface area contributed by atoms with E-state index in [1.54, 1.807) is 24.3 Å². The smallest absolute Gasteiger partial charge is 0.293 e. The molecule has 0 saturated heterocycles. The average molecular weight is 459 g/mol. The van der Waals surface area contributed by atoms with Crippen molar-refractivity contribution in [3.05, 3.63) is 75.5 Å². The van der Waals surface area contributed by atoms with E-state index in [9.17, 15) is 14.9 Å². The van der Waals surface area contributed by atoms with Crippen LogP contribution in [0.25, 0.3) is 21.5 Å². The maximum Gasteiger partial charge on any atom is 0.293 e. The van der Waals surface area contributed by atoms with Gasteiger partial charge in [-0.2, -0.15) is 0 Å². The van der Waals surface area contributed by atoms with Crippen molar-refractivity contribution < 1.29 is 14.1 Å². The van der Waals surface area contributed by atoms with Crippen molar-refractivity contribution >= 4 is 67.2 Å². The van der Waals surface area contributed by atoms with E-state index < -0.39 is 10.8 Å². The Balaban J connectivity index is 1.47. The first-order valence-corrected chi connectivity index (χ1v) is 10.0. The fourth-order valence-electron chi connectivity index (χ4n) is 2.71. The molecular formula is C19H11ClN4O4S2. The lowest BCUT2D eigenvalue weighted by molar-refractivity contribution is -0.384. The van der Waals surface area contributed by atoms with Crippen molar-refractivity contribution in [1.82, 2.24) is 10.3 Å². The number of furan rings is 1. The Morgan fingerprint density at radius 3 is 2.73 bits per heavy atom. The fraction of sp³-hybridized carbons (Fsp3) is 0. The number of nitro groups is 1. The van der Waals surface area contributed by atoms with Crippen LogP contribution in [-0.4, -0.2) is 20.9 Å². The number of amides is 1. The molecule has 0 atom stereocenters. The van der Waals surface area contributed by atoms with Gasteiger partial charge in [0.15, 0.2) is 16.0 Å². The summed E-state index contributed by atoms with van der Waals surface area (Å²) in [6.45, 7) is 0. The predicted molar refractivity (Wildman–Crippen MR) is 119 cm³/mol. The van der Waals surface area contributed by atoms with Gasteiger partial charge in [0.2, 0.25) is 0 Å². The Kier molecular flexibility index (Phi) is 5.44. The fourth-order valence-corrected chi connectivity index (χ4v) is 4.13. The summed E-state index contributed by atoms with van der Waals surface area (Å²) < 4.78 is 6.38. The highest BCUT2D eigenvalue weighted by atomic mass is 35.5. The number of hydrogen-bond donors (Lipinski definition) is 2. The number of fused-ring (bicyclic) bond motifs is 1. The lowest BCUT2D eigenvalue weighted by atomic mass is 10.1. The lowest BCUT2D eigenvalue weighted by Crippen LogP contribution is -2.33. The second-order valence-electron chi connectivity index (χ2n) is 5.95. The summed E-state index contributed by atoms with van der Waals surface area (Å²) in [5.41, 5.74) is 0.792. The minimum absolute atomic E-state index is 0.0267. The Morgan fingerprint density at radius 1 is 1.17 bits per heavy atom. The molecule has 0 aliphatic carbocycles. The van der Waals surface area contributed by atoms with Crippen molar-refractivity contribution in [2.24, 2.45) is 0 Å². The van der Waals surface area contributed by atoms with E-state index in [4.69, 9.17) is 28.2 Å². The van der Waals surface area contributed by atoms with Gasteiger partial charge in [-0.1, -0.05) is 41.1 Å². The molecule has 4 aromatic rings. The first kappa shape index (κ1) is 20.0. The Hall–Kier alpha value is -3.34. The van der Waals surface area contributed by atoms with Crippen LogP contribution in [-0.2, 0) is 0 Å². The molecule has 0 unspecified atom stereocenters.